The number of rotatable bonds is 12. The van der Waals surface area contributed by atoms with E-state index in [1.165, 1.54) is 24.0 Å². The number of benzene rings is 3. The Morgan fingerprint density at radius 1 is 0.697 bits per heavy atom. The van der Waals surface area contributed by atoms with Crippen molar-refractivity contribution in [2.24, 2.45) is 0 Å². The summed E-state index contributed by atoms with van der Waals surface area (Å²) in [5.74, 6) is 0.931. The van der Waals surface area contributed by atoms with E-state index >= 15 is 0 Å². The van der Waals surface area contributed by atoms with Gasteiger partial charge in [-0.25, -0.2) is 0 Å². The van der Waals surface area contributed by atoms with Gasteiger partial charge in [0.05, 0.1) is 6.61 Å². The van der Waals surface area contributed by atoms with Crippen LogP contribution in [0.3, 0.4) is 0 Å². The van der Waals surface area contributed by atoms with Crippen LogP contribution in [0.15, 0.2) is 84.9 Å². The van der Waals surface area contributed by atoms with E-state index in [1.807, 2.05) is 6.07 Å². The number of thiocarbonyl (C=S) groups is 1. The van der Waals surface area contributed by atoms with E-state index in [1.54, 1.807) is 0 Å². The largest absolute Gasteiger partial charge is 0.494 e. The van der Waals surface area contributed by atoms with Gasteiger partial charge in [-0.05, 0) is 74.0 Å². The zero-order chi connectivity index (χ0) is 22.7. The maximum absolute atomic E-state index is 6.05. The zero-order valence-electron chi connectivity index (χ0n) is 19.4. The molecule has 4 rings (SSSR count). The molecule has 33 heavy (non-hydrogen) atoms. The van der Waals surface area contributed by atoms with E-state index < -0.39 is 0 Å². The second-order valence-electron chi connectivity index (χ2n) is 8.65. The summed E-state index contributed by atoms with van der Waals surface area (Å²) in [5.41, 5.74) is 3.94. The lowest BCUT2D eigenvalue weighted by Crippen LogP contribution is -2.32. The number of anilines is 1. The standard InChI is InChI=1S/C29H34N2OS/c33-29-30(20-11-17-26-14-6-2-7-15-26)21-22-31(29)27-18-10-19-28(24-27)32-23-9-3-8-16-25-12-4-1-5-13-25/h1-2,4-7,10,12-15,18-19,24H,3,8-9,11,16-17,20-23H2. The van der Waals surface area contributed by atoms with Crippen LogP contribution in [0.4, 0.5) is 5.69 Å². The minimum Gasteiger partial charge on any atom is -0.494 e. The summed E-state index contributed by atoms with van der Waals surface area (Å²) in [5, 5.41) is 0.932. The molecule has 0 aliphatic carbocycles. The number of hydrogen-bond donors (Lipinski definition) is 0. The van der Waals surface area contributed by atoms with E-state index in [2.05, 4.69) is 88.7 Å². The summed E-state index contributed by atoms with van der Waals surface area (Å²) >= 11 is 5.80. The van der Waals surface area contributed by atoms with Crippen molar-refractivity contribution in [3.8, 4) is 5.75 Å². The minimum atomic E-state index is 0.758. The summed E-state index contributed by atoms with van der Waals surface area (Å²) in [6.45, 7) is 3.69. The van der Waals surface area contributed by atoms with Crippen molar-refractivity contribution in [2.75, 3.05) is 31.1 Å². The fourth-order valence-electron chi connectivity index (χ4n) is 4.33. The summed E-state index contributed by atoms with van der Waals surface area (Å²) in [6.07, 6.45) is 6.82. The van der Waals surface area contributed by atoms with Crippen LogP contribution in [0.5, 0.6) is 5.75 Å². The highest BCUT2D eigenvalue weighted by molar-refractivity contribution is 7.80. The van der Waals surface area contributed by atoms with Gasteiger partial charge in [-0.2, -0.15) is 0 Å². The van der Waals surface area contributed by atoms with Crippen molar-refractivity contribution in [1.29, 1.82) is 0 Å². The molecule has 4 heteroatoms. The monoisotopic (exact) mass is 458 g/mol. The van der Waals surface area contributed by atoms with Gasteiger partial charge in [-0.1, -0.05) is 66.7 Å². The fourth-order valence-corrected chi connectivity index (χ4v) is 4.71. The molecular weight excluding hydrogens is 424 g/mol. The molecule has 1 fully saturated rings. The van der Waals surface area contributed by atoms with E-state index in [0.717, 1.165) is 68.5 Å². The number of hydrogen-bond acceptors (Lipinski definition) is 2. The molecule has 0 amide bonds. The summed E-state index contributed by atoms with van der Waals surface area (Å²) < 4.78 is 6.05. The Morgan fingerprint density at radius 3 is 2.12 bits per heavy atom. The molecule has 0 unspecified atom stereocenters. The Morgan fingerprint density at radius 2 is 1.39 bits per heavy atom. The second-order valence-corrected chi connectivity index (χ2v) is 9.02. The molecule has 0 radical (unpaired) electrons. The Bertz CT molecular complexity index is 993. The number of nitrogens with zero attached hydrogens (tertiary/aromatic N) is 2. The van der Waals surface area contributed by atoms with Crippen molar-refractivity contribution in [3.63, 3.8) is 0 Å². The second kappa shape index (κ2) is 12.4. The third kappa shape index (κ3) is 7.06. The molecule has 0 aromatic heterocycles. The van der Waals surface area contributed by atoms with Crippen molar-refractivity contribution in [3.05, 3.63) is 96.1 Å². The van der Waals surface area contributed by atoms with Gasteiger partial charge in [-0.3, -0.25) is 0 Å². The molecule has 0 saturated carbocycles. The first-order valence-electron chi connectivity index (χ1n) is 12.2. The molecule has 3 aromatic carbocycles. The van der Waals surface area contributed by atoms with Crippen molar-refractivity contribution < 1.29 is 4.74 Å². The minimum absolute atomic E-state index is 0.758. The molecule has 0 atom stereocenters. The Kier molecular flexibility index (Phi) is 8.76. The predicted octanol–water partition coefficient (Wildman–Crippen LogP) is 6.52. The highest BCUT2D eigenvalue weighted by Gasteiger charge is 2.25. The van der Waals surface area contributed by atoms with Crippen molar-refractivity contribution in [2.45, 2.75) is 38.5 Å². The van der Waals surface area contributed by atoms with Crippen LogP contribution in [0.2, 0.25) is 0 Å². The average Bonchev–Trinajstić information content (AvgIpc) is 3.23. The van der Waals surface area contributed by atoms with Crippen LogP contribution in [-0.4, -0.2) is 36.3 Å². The molecule has 1 aliphatic rings. The van der Waals surface area contributed by atoms with Gasteiger partial charge in [-0.15, -0.1) is 0 Å². The molecule has 0 N–H and O–H groups in total. The van der Waals surface area contributed by atoms with Gasteiger partial charge in [0.25, 0.3) is 0 Å². The summed E-state index contributed by atoms with van der Waals surface area (Å²) in [4.78, 5) is 4.57. The molecule has 3 aromatic rings. The van der Waals surface area contributed by atoms with Gasteiger partial charge in [0.15, 0.2) is 5.11 Å². The van der Waals surface area contributed by atoms with E-state index in [9.17, 15) is 0 Å². The van der Waals surface area contributed by atoms with Crippen LogP contribution < -0.4 is 9.64 Å². The predicted molar refractivity (Wildman–Crippen MR) is 142 cm³/mol. The summed E-state index contributed by atoms with van der Waals surface area (Å²) in [7, 11) is 0. The van der Waals surface area contributed by atoms with Crippen molar-refractivity contribution in [1.82, 2.24) is 4.90 Å². The summed E-state index contributed by atoms with van der Waals surface area (Å²) in [6, 6.07) is 29.8. The normalized spacial score (nSPS) is 13.5. The van der Waals surface area contributed by atoms with Crippen LogP contribution in [0.1, 0.15) is 36.8 Å². The topological polar surface area (TPSA) is 15.7 Å². The molecule has 1 heterocycles. The fraction of sp³-hybridized carbons (Fsp3) is 0.345. The highest BCUT2D eigenvalue weighted by Crippen LogP contribution is 2.25. The maximum atomic E-state index is 6.05. The maximum Gasteiger partial charge on any atom is 0.176 e. The quantitative estimate of drug-likeness (QED) is 0.227. The third-order valence-corrected chi connectivity index (χ3v) is 6.66. The molecule has 1 aliphatic heterocycles. The molecule has 1 saturated heterocycles. The number of aryl methyl sites for hydroxylation is 2. The molecule has 0 bridgehead atoms. The number of unbranched alkanes of at least 4 members (excludes halogenated alkanes) is 2. The van der Waals surface area contributed by atoms with Gasteiger partial charge in [0.1, 0.15) is 5.75 Å². The lowest BCUT2D eigenvalue weighted by atomic mass is 10.1. The average molecular weight is 459 g/mol. The first-order valence-corrected chi connectivity index (χ1v) is 12.6. The number of ether oxygens (including phenoxy) is 1. The lowest BCUT2D eigenvalue weighted by Gasteiger charge is -2.22. The SMILES string of the molecule is S=C1N(CCCc2ccccc2)CCN1c1cccc(OCCCCCc2ccccc2)c1. The molecule has 0 spiro atoms. The van der Waals surface area contributed by atoms with Gasteiger partial charge in [0, 0.05) is 31.4 Å². The smallest absolute Gasteiger partial charge is 0.176 e. The molecular formula is C29H34N2OS. The first kappa shape index (κ1) is 23.3. The first-order chi connectivity index (χ1) is 16.3. The Balaban J connectivity index is 1.18. The van der Waals surface area contributed by atoms with E-state index in [4.69, 9.17) is 17.0 Å². The van der Waals surface area contributed by atoms with Crippen molar-refractivity contribution >= 4 is 23.0 Å². The third-order valence-electron chi connectivity index (χ3n) is 6.18. The molecule has 172 valence electrons. The lowest BCUT2D eigenvalue weighted by molar-refractivity contribution is 0.305. The Hall–Kier alpha value is -2.85. The van der Waals surface area contributed by atoms with Crippen LogP contribution in [0, 0.1) is 0 Å². The van der Waals surface area contributed by atoms with E-state index in [0.29, 0.717) is 0 Å². The zero-order valence-corrected chi connectivity index (χ0v) is 20.2. The van der Waals surface area contributed by atoms with E-state index in [-0.39, 0.29) is 0 Å². The molecule has 3 nitrogen and oxygen atoms in total. The van der Waals surface area contributed by atoms with Gasteiger partial charge < -0.3 is 14.5 Å². The Labute approximate surface area is 204 Å². The van der Waals surface area contributed by atoms with Crippen LogP contribution in [0.25, 0.3) is 0 Å². The van der Waals surface area contributed by atoms with Gasteiger partial charge in [0.2, 0.25) is 0 Å². The van der Waals surface area contributed by atoms with Crippen LogP contribution >= 0.6 is 12.2 Å². The van der Waals surface area contributed by atoms with Crippen LogP contribution in [-0.2, 0) is 12.8 Å². The van der Waals surface area contributed by atoms with Gasteiger partial charge >= 0.3 is 0 Å². The highest BCUT2D eigenvalue weighted by atomic mass is 32.1.